The first-order valence-corrected chi connectivity index (χ1v) is 12.4. The van der Waals surface area contributed by atoms with Crippen LogP contribution in [0.4, 0.5) is 4.79 Å². The fourth-order valence-electron chi connectivity index (χ4n) is 3.98. The highest BCUT2D eigenvalue weighted by molar-refractivity contribution is 6.30. The summed E-state index contributed by atoms with van der Waals surface area (Å²) in [6.45, 7) is 6.02. The summed E-state index contributed by atoms with van der Waals surface area (Å²) in [5.74, 6) is -1.43. The van der Waals surface area contributed by atoms with Crippen LogP contribution in [0.25, 0.3) is 10.8 Å². The van der Waals surface area contributed by atoms with Crippen LogP contribution in [0.2, 0.25) is 5.02 Å². The minimum absolute atomic E-state index is 0.0374. The van der Waals surface area contributed by atoms with E-state index in [1.807, 2.05) is 32.9 Å². The molecule has 0 aliphatic rings. The number of carbonyl (C=O) groups is 3. The third-order valence-corrected chi connectivity index (χ3v) is 6.02. The molecule has 0 saturated carbocycles. The van der Waals surface area contributed by atoms with Crippen molar-refractivity contribution in [2.24, 2.45) is 0 Å². The third-order valence-electron chi connectivity index (χ3n) is 5.77. The van der Waals surface area contributed by atoms with Gasteiger partial charge in [-0.2, -0.15) is 0 Å². The summed E-state index contributed by atoms with van der Waals surface area (Å²) in [6.07, 6.45) is 0.753. The Morgan fingerprint density at radius 2 is 1.42 bits per heavy atom. The van der Waals surface area contributed by atoms with Gasteiger partial charge in [0.1, 0.15) is 11.3 Å². The molecule has 0 saturated heterocycles. The van der Waals surface area contributed by atoms with E-state index in [9.17, 15) is 19.5 Å². The van der Waals surface area contributed by atoms with Crippen molar-refractivity contribution in [1.82, 2.24) is 9.88 Å². The van der Waals surface area contributed by atoms with Crippen LogP contribution in [-0.2, 0) is 17.8 Å². The first-order valence-electron chi connectivity index (χ1n) is 12.0. The molecule has 0 aliphatic heterocycles. The molecule has 0 aliphatic carbocycles. The molecule has 1 N–H and O–H groups in total. The van der Waals surface area contributed by atoms with Gasteiger partial charge >= 0.3 is 12.1 Å². The van der Waals surface area contributed by atoms with E-state index >= 15 is 0 Å². The van der Waals surface area contributed by atoms with Gasteiger partial charge < -0.3 is 9.84 Å². The van der Waals surface area contributed by atoms with Gasteiger partial charge in [0.25, 0.3) is 0 Å². The van der Waals surface area contributed by atoms with Crippen molar-refractivity contribution in [3.63, 3.8) is 0 Å². The Kier molecular flexibility index (Phi) is 7.78. The minimum atomic E-state index is -1.11. The largest absolute Gasteiger partial charge is 0.478 e. The highest BCUT2D eigenvalue weighted by Gasteiger charge is 2.23. The van der Waals surface area contributed by atoms with E-state index in [-0.39, 0.29) is 23.6 Å². The van der Waals surface area contributed by atoms with E-state index in [4.69, 9.17) is 16.3 Å². The molecule has 0 bridgehead atoms. The Morgan fingerprint density at radius 3 is 1.97 bits per heavy atom. The number of amides is 1. The molecule has 4 rings (SSSR count). The van der Waals surface area contributed by atoms with Crippen LogP contribution in [-0.4, -0.2) is 38.4 Å². The Hall–Kier alpha value is -4.23. The molecule has 0 radical (unpaired) electrons. The maximum atomic E-state index is 13.3. The predicted molar refractivity (Wildman–Crippen MR) is 146 cm³/mol. The summed E-state index contributed by atoms with van der Waals surface area (Å²) in [4.78, 5) is 43.6. The Labute approximate surface area is 225 Å². The Morgan fingerprint density at radius 1 is 0.868 bits per heavy atom. The third kappa shape index (κ3) is 6.36. The van der Waals surface area contributed by atoms with Crippen molar-refractivity contribution < 1.29 is 24.2 Å². The average Bonchev–Trinajstić information content (AvgIpc) is 2.88. The highest BCUT2D eigenvalue weighted by atomic mass is 35.5. The van der Waals surface area contributed by atoms with Gasteiger partial charge in [0, 0.05) is 40.6 Å². The number of carbonyl (C=O) groups excluding carboxylic acids is 2. The van der Waals surface area contributed by atoms with E-state index in [1.54, 1.807) is 65.6 Å². The molecule has 8 heteroatoms. The van der Waals surface area contributed by atoms with Crippen molar-refractivity contribution in [2.75, 3.05) is 0 Å². The zero-order chi connectivity index (χ0) is 27.4. The lowest BCUT2D eigenvalue weighted by Crippen LogP contribution is -2.36. The zero-order valence-corrected chi connectivity index (χ0v) is 22.0. The quantitative estimate of drug-likeness (QED) is 0.265. The zero-order valence-electron chi connectivity index (χ0n) is 21.3. The Balaban J connectivity index is 1.58. The maximum absolute atomic E-state index is 13.3. The van der Waals surface area contributed by atoms with Crippen molar-refractivity contribution in [1.29, 1.82) is 0 Å². The minimum Gasteiger partial charge on any atom is -0.478 e. The molecule has 1 amide bonds. The number of nitrogens with zero attached hydrogens (tertiary/aromatic N) is 2. The van der Waals surface area contributed by atoms with Gasteiger partial charge in [-0.3, -0.25) is 14.7 Å². The van der Waals surface area contributed by atoms with Gasteiger partial charge in [-0.1, -0.05) is 72.3 Å². The SMILES string of the molecule is CC(C)(C)OC(=O)N(Cc1ccc(Cl)cc1)Cc1ccc(C(=O)c2ncc(C(=O)O)c3ccccc23)cc1. The van der Waals surface area contributed by atoms with Crippen molar-refractivity contribution in [3.8, 4) is 0 Å². The monoisotopic (exact) mass is 530 g/mol. The highest BCUT2D eigenvalue weighted by Crippen LogP contribution is 2.24. The van der Waals surface area contributed by atoms with Gasteiger partial charge in [0.05, 0.1) is 5.56 Å². The summed E-state index contributed by atoms with van der Waals surface area (Å²) >= 11 is 6.00. The molecule has 0 atom stereocenters. The van der Waals surface area contributed by atoms with Crippen molar-refractivity contribution in [2.45, 2.75) is 39.5 Å². The van der Waals surface area contributed by atoms with E-state index in [0.29, 0.717) is 27.9 Å². The van der Waals surface area contributed by atoms with E-state index < -0.39 is 17.7 Å². The van der Waals surface area contributed by atoms with Gasteiger partial charge in [0.2, 0.25) is 5.78 Å². The second-order valence-electron chi connectivity index (χ2n) is 9.86. The van der Waals surface area contributed by atoms with E-state index in [2.05, 4.69) is 4.98 Å². The van der Waals surface area contributed by atoms with Gasteiger partial charge in [-0.15, -0.1) is 0 Å². The molecule has 0 fully saturated rings. The summed E-state index contributed by atoms with van der Waals surface area (Å²) in [7, 11) is 0. The van der Waals surface area contributed by atoms with Crippen molar-refractivity contribution >= 4 is 40.2 Å². The fraction of sp³-hybridized carbons (Fsp3) is 0.200. The van der Waals surface area contributed by atoms with Crippen LogP contribution in [0.5, 0.6) is 0 Å². The fourth-order valence-corrected chi connectivity index (χ4v) is 4.11. The molecule has 0 spiro atoms. The maximum Gasteiger partial charge on any atom is 0.410 e. The van der Waals surface area contributed by atoms with E-state index in [1.165, 1.54) is 6.20 Å². The standard InChI is InChI=1S/C30H27ClN2O5/c1-30(2,3)38-29(37)33(18-20-10-14-22(31)15-11-20)17-19-8-12-21(13-9-19)27(34)26-24-7-5-4-6-23(24)25(16-32-26)28(35)36/h4-16H,17-18H2,1-3H3,(H,35,36). The van der Waals surface area contributed by atoms with Gasteiger partial charge in [-0.25, -0.2) is 9.59 Å². The number of pyridine rings is 1. The second kappa shape index (κ2) is 11.0. The molecule has 1 aromatic heterocycles. The number of hydrogen-bond acceptors (Lipinski definition) is 5. The number of ketones is 1. The predicted octanol–water partition coefficient (Wildman–Crippen LogP) is 6.75. The smallest absolute Gasteiger partial charge is 0.410 e. The molecule has 194 valence electrons. The lowest BCUT2D eigenvalue weighted by molar-refractivity contribution is 0.0216. The topological polar surface area (TPSA) is 96.8 Å². The van der Waals surface area contributed by atoms with Crippen LogP contribution < -0.4 is 0 Å². The van der Waals surface area contributed by atoms with Crippen LogP contribution in [0.15, 0.2) is 79.0 Å². The summed E-state index contributed by atoms with van der Waals surface area (Å²) in [6, 6.07) is 21.0. The summed E-state index contributed by atoms with van der Waals surface area (Å²) < 4.78 is 5.61. The normalized spacial score (nSPS) is 11.3. The van der Waals surface area contributed by atoms with Crippen LogP contribution in [0.3, 0.4) is 0 Å². The molecule has 3 aromatic carbocycles. The van der Waals surface area contributed by atoms with Crippen LogP contribution in [0.1, 0.15) is 58.3 Å². The number of aromatic carboxylic acids is 1. The summed E-state index contributed by atoms with van der Waals surface area (Å²) in [5.41, 5.74) is 1.66. The molecule has 1 heterocycles. The lowest BCUT2D eigenvalue weighted by atomic mass is 9.99. The van der Waals surface area contributed by atoms with Gasteiger partial charge in [-0.05, 0) is 44.0 Å². The van der Waals surface area contributed by atoms with Crippen LogP contribution >= 0.6 is 11.6 Å². The number of ether oxygens (including phenoxy) is 1. The second-order valence-corrected chi connectivity index (χ2v) is 10.3. The molecule has 7 nitrogen and oxygen atoms in total. The number of fused-ring (bicyclic) bond motifs is 1. The number of rotatable bonds is 7. The molecule has 4 aromatic rings. The number of hydrogen-bond donors (Lipinski definition) is 1. The Bertz CT molecular complexity index is 1490. The molecular weight excluding hydrogens is 504 g/mol. The first-order chi connectivity index (χ1) is 18.0. The van der Waals surface area contributed by atoms with Crippen LogP contribution in [0, 0.1) is 0 Å². The van der Waals surface area contributed by atoms with Gasteiger partial charge in [0.15, 0.2) is 0 Å². The first kappa shape index (κ1) is 26.8. The number of halogens is 1. The molecule has 38 heavy (non-hydrogen) atoms. The number of aromatic nitrogens is 1. The average molecular weight is 531 g/mol. The number of benzene rings is 3. The van der Waals surface area contributed by atoms with E-state index in [0.717, 1.165) is 11.1 Å². The number of carboxylic acids is 1. The number of carboxylic acid groups (broad SMARTS) is 1. The summed E-state index contributed by atoms with van der Waals surface area (Å²) in [5, 5.41) is 11.0. The molecular formula is C30H27ClN2O5. The molecule has 0 unspecified atom stereocenters. The lowest BCUT2D eigenvalue weighted by Gasteiger charge is -2.27. The van der Waals surface area contributed by atoms with Crippen molar-refractivity contribution in [3.05, 3.63) is 112 Å².